The van der Waals surface area contributed by atoms with Gasteiger partial charge < -0.3 is 29.3 Å². The van der Waals surface area contributed by atoms with E-state index in [1.165, 1.54) is 11.0 Å². The fourth-order valence-electron chi connectivity index (χ4n) is 9.81. The summed E-state index contributed by atoms with van der Waals surface area (Å²) in [7, 11) is 3.26. The highest BCUT2D eigenvalue weighted by molar-refractivity contribution is 6.02. The number of Topliss-reactive ketones (excluding diaryl/α,β-unsaturated/α-hetero) is 1. The molecule has 1 N–H and O–H groups in total. The Morgan fingerprint density at radius 2 is 1.75 bits per heavy atom. The van der Waals surface area contributed by atoms with E-state index in [-0.39, 0.29) is 86.1 Å². The van der Waals surface area contributed by atoms with Gasteiger partial charge in [-0.3, -0.25) is 9.69 Å². The second-order valence-corrected chi connectivity index (χ2v) is 16.3. The van der Waals surface area contributed by atoms with Crippen molar-refractivity contribution in [2.75, 3.05) is 58.5 Å². The van der Waals surface area contributed by atoms with E-state index in [0.717, 1.165) is 32.2 Å². The number of fused-ring (bicyclic) bond motifs is 5. The standard InChI is InChI=1S/C42H48F5N7O5/c1-5-28-30(43)12-11-23-9-7-10-29(31(23)28)34-33(44)35-32(38(49-34)57-6-2)37(53-19-25-17-24(18-26(20-53)48-25)36(55)42(45,46)47)51-39(50-35)59-22-41-14-8-16-54(41)27(13-15-41)21-58-40(56)52(3)4/h7,9-12,24-27,48H,5-6,8,13-22H2,1-4H3/t24?,25?,26?,27-,41-/m1/s1. The van der Waals surface area contributed by atoms with Gasteiger partial charge >= 0.3 is 18.3 Å². The molecule has 4 aliphatic rings. The Balaban J connectivity index is 1.21. The van der Waals surface area contributed by atoms with E-state index in [2.05, 4.69) is 10.2 Å². The van der Waals surface area contributed by atoms with Gasteiger partial charge in [-0.2, -0.15) is 23.1 Å². The van der Waals surface area contributed by atoms with Crippen LogP contribution in [0.1, 0.15) is 57.9 Å². The zero-order valence-corrected chi connectivity index (χ0v) is 33.5. The number of anilines is 1. The summed E-state index contributed by atoms with van der Waals surface area (Å²) in [6, 6.07) is 7.17. The van der Waals surface area contributed by atoms with Gasteiger partial charge in [-0.05, 0) is 80.8 Å². The van der Waals surface area contributed by atoms with Crippen molar-refractivity contribution in [1.29, 1.82) is 0 Å². The van der Waals surface area contributed by atoms with E-state index in [0.29, 0.717) is 28.3 Å². The van der Waals surface area contributed by atoms with Crippen LogP contribution in [0.4, 0.5) is 32.6 Å². The number of halogens is 5. The Kier molecular flexibility index (Phi) is 11.0. The fraction of sp³-hybridized carbons (Fsp3) is 0.548. The smallest absolute Gasteiger partial charge is 0.450 e. The molecule has 2 aromatic carbocycles. The Labute approximate surface area is 338 Å². The number of ketones is 1. The number of carbonyl (C=O) groups excluding carboxylic acids is 2. The molecular weight excluding hydrogens is 777 g/mol. The van der Waals surface area contributed by atoms with Crippen molar-refractivity contribution in [3.05, 3.63) is 47.5 Å². The van der Waals surface area contributed by atoms with E-state index < -0.39 is 53.2 Å². The molecule has 4 atom stereocenters. The molecule has 2 aromatic heterocycles. The van der Waals surface area contributed by atoms with Crippen LogP contribution in [0, 0.1) is 17.6 Å². The van der Waals surface area contributed by atoms with Crippen LogP contribution in [0.15, 0.2) is 30.3 Å². The van der Waals surface area contributed by atoms with E-state index in [9.17, 15) is 22.8 Å². The molecule has 0 spiro atoms. The van der Waals surface area contributed by atoms with Crippen LogP contribution >= 0.6 is 0 Å². The Hall–Kier alpha value is -4.90. The summed E-state index contributed by atoms with van der Waals surface area (Å²) in [5.41, 5.74) is 0.124. The molecule has 4 fully saturated rings. The number of hydrogen-bond acceptors (Lipinski definition) is 11. The molecule has 0 aliphatic carbocycles. The van der Waals surface area contributed by atoms with E-state index in [1.54, 1.807) is 39.2 Å². The van der Waals surface area contributed by atoms with Crippen molar-refractivity contribution in [3.63, 3.8) is 0 Å². The molecule has 2 unspecified atom stereocenters. The van der Waals surface area contributed by atoms with E-state index >= 15 is 8.78 Å². The molecule has 12 nitrogen and oxygen atoms in total. The molecule has 17 heteroatoms. The van der Waals surface area contributed by atoms with Crippen molar-refractivity contribution in [2.45, 2.75) is 88.6 Å². The van der Waals surface area contributed by atoms with Crippen LogP contribution in [0.25, 0.3) is 32.9 Å². The van der Waals surface area contributed by atoms with Crippen LogP contribution in [0.3, 0.4) is 0 Å². The predicted octanol–water partition coefficient (Wildman–Crippen LogP) is 6.85. The number of benzene rings is 2. The maximum atomic E-state index is 17.5. The zero-order chi connectivity index (χ0) is 41.8. The van der Waals surface area contributed by atoms with Gasteiger partial charge in [-0.1, -0.05) is 31.2 Å². The molecule has 59 heavy (non-hydrogen) atoms. The topological polar surface area (TPSA) is 122 Å². The van der Waals surface area contributed by atoms with E-state index in [1.807, 2.05) is 17.9 Å². The van der Waals surface area contributed by atoms with Gasteiger partial charge in [-0.25, -0.2) is 18.6 Å². The average Bonchev–Trinajstić information content (AvgIpc) is 3.78. The lowest BCUT2D eigenvalue weighted by Crippen LogP contribution is -2.62. The summed E-state index contributed by atoms with van der Waals surface area (Å²) >= 11 is 0. The second-order valence-electron chi connectivity index (χ2n) is 16.3. The predicted molar refractivity (Wildman–Crippen MR) is 210 cm³/mol. The quantitative estimate of drug-likeness (QED) is 0.160. The number of amides is 1. The lowest BCUT2D eigenvalue weighted by Gasteiger charge is -2.45. The summed E-state index contributed by atoms with van der Waals surface area (Å²) < 4.78 is 91.4. The van der Waals surface area contributed by atoms with Crippen molar-refractivity contribution in [1.82, 2.24) is 30.1 Å². The van der Waals surface area contributed by atoms with Crippen LogP contribution in [-0.2, 0) is 16.0 Å². The highest BCUT2D eigenvalue weighted by atomic mass is 19.4. The number of hydrogen-bond donors (Lipinski definition) is 1. The fourth-order valence-corrected chi connectivity index (χ4v) is 9.81. The van der Waals surface area contributed by atoms with Gasteiger partial charge in [0.15, 0.2) is 5.82 Å². The minimum Gasteiger partial charge on any atom is -0.477 e. The minimum absolute atomic E-state index is 0.00947. The summed E-state index contributed by atoms with van der Waals surface area (Å²) in [5.74, 6) is -3.86. The van der Waals surface area contributed by atoms with Crippen LogP contribution in [0.5, 0.6) is 11.9 Å². The Bertz CT molecular complexity index is 2260. The number of carbonyl (C=O) groups is 2. The molecule has 4 aromatic rings. The van der Waals surface area contributed by atoms with Crippen molar-refractivity contribution in [3.8, 4) is 23.1 Å². The molecule has 8 rings (SSSR count). The molecule has 316 valence electrons. The highest BCUT2D eigenvalue weighted by Crippen LogP contribution is 2.45. The first-order valence-electron chi connectivity index (χ1n) is 20.3. The molecule has 4 saturated heterocycles. The average molecular weight is 826 g/mol. The number of rotatable bonds is 11. The number of piperazine rings is 1. The number of pyridine rings is 1. The molecule has 6 heterocycles. The number of aryl methyl sites for hydroxylation is 1. The lowest BCUT2D eigenvalue weighted by atomic mass is 9.82. The summed E-state index contributed by atoms with van der Waals surface area (Å²) in [6.07, 6.45) is -1.81. The number of alkyl halides is 3. The van der Waals surface area contributed by atoms with Gasteiger partial charge in [0.05, 0.1) is 12.1 Å². The number of nitrogens with zero attached hydrogens (tertiary/aromatic N) is 6. The Morgan fingerprint density at radius 1 is 0.983 bits per heavy atom. The van der Waals surface area contributed by atoms with Crippen molar-refractivity contribution < 1.29 is 45.8 Å². The third-order valence-electron chi connectivity index (χ3n) is 12.4. The van der Waals surface area contributed by atoms with Crippen LogP contribution < -0.4 is 19.7 Å². The summed E-state index contributed by atoms with van der Waals surface area (Å²) in [6.45, 7) is 5.23. The molecule has 1 amide bonds. The molecule has 0 radical (unpaired) electrons. The van der Waals surface area contributed by atoms with Crippen LogP contribution in [-0.4, -0.2) is 120 Å². The van der Waals surface area contributed by atoms with Crippen molar-refractivity contribution >= 4 is 39.4 Å². The van der Waals surface area contributed by atoms with Gasteiger partial charge in [0.2, 0.25) is 11.7 Å². The largest absolute Gasteiger partial charge is 0.477 e. The van der Waals surface area contributed by atoms with Gasteiger partial charge in [-0.15, -0.1) is 0 Å². The van der Waals surface area contributed by atoms with Crippen molar-refractivity contribution in [2.24, 2.45) is 5.92 Å². The maximum Gasteiger partial charge on any atom is 0.450 e. The van der Waals surface area contributed by atoms with Gasteiger partial charge in [0.25, 0.3) is 0 Å². The molecule has 4 aliphatic heterocycles. The normalized spacial score (nSPS) is 24.4. The molecular formula is C42H48F5N7O5. The highest BCUT2D eigenvalue weighted by Gasteiger charge is 2.51. The van der Waals surface area contributed by atoms with Crippen LogP contribution in [0.2, 0.25) is 0 Å². The minimum atomic E-state index is -4.93. The third-order valence-corrected chi connectivity index (χ3v) is 12.4. The SMILES string of the molecule is CCOc1nc(-c2cccc3ccc(F)c(CC)c23)c(F)c2nc(OC[C@]34CCCN3[C@@H](COC(=O)N(C)C)CC4)nc(N3CC4CC(C(=O)C(F)(F)F)CC(C3)N4)c12. The van der Waals surface area contributed by atoms with Gasteiger partial charge in [0, 0.05) is 56.8 Å². The summed E-state index contributed by atoms with van der Waals surface area (Å²) in [5, 5.41) is 4.73. The van der Waals surface area contributed by atoms with Gasteiger partial charge in [0.1, 0.15) is 41.4 Å². The monoisotopic (exact) mass is 825 g/mol. The van der Waals surface area contributed by atoms with E-state index in [4.69, 9.17) is 29.2 Å². The zero-order valence-electron chi connectivity index (χ0n) is 33.5. The number of piperidine rings is 1. The lowest BCUT2D eigenvalue weighted by molar-refractivity contribution is -0.177. The first-order valence-corrected chi connectivity index (χ1v) is 20.3. The molecule has 0 saturated carbocycles. The maximum absolute atomic E-state index is 17.5. The summed E-state index contributed by atoms with van der Waals surface area (Å²) in [4.78, 5) is 44.4. The number of nitrogens with one attached hydrogen (secondary N) is 1. The molecule has 2 bridgehead atoms. The second kappa shape index (κ2) is 15.9. The Morgan fingerprint density at radius 3 is 2.44 bits per heavy atom. The first kappa shape index (κ1) is 40.9. The third kappa shape index (κ3) is 7.60. The first-order chi connectivity index (χ1) is 28.2. The number of aromatic nitrogens is 3. The number of ether oxygens (including phenoxy) is 3.